The van der Waals surface area contributed by atoms with Gasteiger partial charge in [-0.2, -0.15) is 4.98 Å². The van der Waals surface area contributed by atoms with E-state index >= 15 is 0 Å². The third-order valence-corrected chi connectivity index (χ3v) is 6.63. The summed E-state index contributed by atoms with van der Waals surface area (Å²) in [4.78, 5) is 17.3. The van der Waals surface area contributed by atoms with Gasteiger partial charge in [0.25, 0.3) is 0 Å². The highest BCUT2D eigenvalue weighted by Gasteiger charge is 2.36. The second kappa shape index (κ2) is 6.93. The predicted molar refractivity (Wildman–Crippen MR) is 105 cm³/mol. The van der Waals surface area contributed by atoms with Gasteiger partial charge in [-0.05, 0) is 43.7 Å². The van der Waals surface area contributed by atoms with Crippen LogP contribution in [0.1, 0.15) is 30.6 Å². The van der Waals surface area contributed by atoms with Gasteiger partial charge in [0.05, 0.1) is 21.5 Å². The third-order valence-electron chi connectivity index (χ3n) is 5.14. The number of para-hydroxylation sites is 1. The lowest BCUT2D eigenvalue weighted by atomic mass is 10.0. The smallest absolute Gasteiger partial charge is 0.232 e. The highest BCUT2D eigenvalue weighted by Crippen LogP contribution is 2.42. The first-order chi connectivity index (χ1) is 12.5. The second-order valence-corrected chi connectivity index (χ2v) is 8.37. The molecule has 0 spiro atoms. The van der Waals surface area contributed by atoms with Crippen molar-refractivity contribution in [1.82, 2.24) is 4.98 Å². The average Bonchev–Trinajstić information content (AvgIpc) is 3.32. The average molecular weight is 390 g/mol. The zero-order valence-corrected chi connectivity index (χ0v) is 15.8. The monoisotopic (exact) mass is 389 g/mol. The number of aromatic nitrogens is 1. The molecule has 4 rings (SSSR count). The first-order valence-corrected chi connectivity index (χ1v) is 9.90. The van der Waals surface area contributed by atoms with E-state index in [-0.39, 0.29) is 11.8 Å². The van der Waals surface area contributed by atoms with Crippen molar-refractivity contribution in [3.05, 3.63) is 46.3 Å². The maximum atomic E-state index is 12.5. The number of aromatic hydroxyl groups is 1. The highest BCUT2D eigenvalue weighted by molar-refractivity contribution is 7.16. The van der Waals surface area contributed by atoms with Crippen LogP contribution in [0.4, 0.5) is 10.8 Å². The Labute approximate surface area is 161 Å². The molecular formula is C19H20ClN3O2S. The molecule has 5 nitrogen and oxygen atoms in total. The molecule has 2 bridgehead atoms. The van der Waals surface area contributed by atoms with Crippen LogP contribution >= 0.6 is 22.9 Å². The Morgan fingerprint density at radius 1 is 1.35 bits per heavy atom. The molecular weight excluding hydrogens is 370 g/mol. The molecule has 4 unspecified atom stereocenters. The van der Waals surface area contributed by atoms with Gasteiger partial charge in [-0.25, -0.2) is 0 Å². The number of amides is 1. The molecule has 1 fully saturated rings. The van der Waals surface area contributed by atoms with E-state index in [9.17, 15) is 9.90 Å². The van der Waals surface area contributed by atoms with E-state index in [1.54, 1.807) is 25.1 Å². The van der Waals surface area contributed by atoms with Crippen LogP contribution in [0.15, 0.2) is 36.4 Å². The van der Waals surface area contributed by atoms with E-state index in [1.807, 2.05) is 6.07 Å². The minimum absolute atomic E-state index is 0.0852. The molecule has 7 heteroatoms. The van der Waals surface area contributed by atoms with E-state index in [0.29, 0.717) is 38.6 Å². The van der Waals surface area contributed by atoms with Gasteiger partial charge in [0.2, 0.25) is 11.8 Å². The lowest BCUT2D eigenvalue weighted by Crippen LogP contribution is -2.23. The Morgan fingerprint density at radius 3 is 2.85 bits per heavy atom. The lowest BCUT2D eigenvalue weighted by molar-refractivity contribution is -0.117. The maximum Gasteiger partial charge on any atom is 0.232 e. The maximum absolute atomic E-state index is 12.5. The van der Waals surface area contributed by atoms with Gasteiger partial charge in [0, 0.05) is 6.04 Å². The predicted octanol–water partition coefficient (Wildman–Crippen LogP) is 4.62. The SMILES string of the molecule is CC(C(=O)Nc1ccccc1Cl)c1sc(NC2CC3C=CC2C3)nc1O. The molecule has 2 aromatic rings. The van der Waals surface area contributed by atoms with Gasteiger partial charge < -0.3 is 15.7 Å². The Bertz CT molecular complexity index is 866. The molecule has 1 heterocycles. The van der Waals surface area contributed by atoms with Crippen molar-refractivity contribution < 1.29 is 9.90 Å². The van der Waals surface area contributed by atoms with Crippen molar-refractivity contribution >= 4 is 39.7 Å². The van der Waals surface area contributed by atoms with Gasteiger partial charge in [0.15, 0.2) is 5.13 Å². The van der Waals surface area contributed by atoms with E-state index < -0.39 is 5.92 Å². The number of thiazole rings is 1. The fourth-order valence-electron chi connectivity index (χ4n) is 3.70. The van der Waals surface area contributed by atoms with Crippen LogP contribution in [0, 0.1) is 11.8 Å². The number of halogens is 1. The molecule has 2 aliphatic rings. The summed E-state index contributed by atoms with van der Waals surface area (Å²) in [6.07, 6.45) is 6.84. The first-order valence-electron chi connectivity index (χ1n) is 8.71. The normalized spacial score (nSPS) is 24.6. The summed E-state index contributed by atoms with van der Waals surface area (Å²) >= 11 is 7.43. The van der Waals surface area contributed by atoms with Crippen LogP contribution in [-0.4, -0.2) is 22.0 Å². The minimum atomic E-state index is -0.528. The third kappa shape index (κ3) is 3.31. The van der Waals surface area contributed by atoms with Crippen molar-refractivity contribution in [2.75, 3.05) is 10.6 Å². The number of carbonyl (C=O) groups excluding carboxylic acids is 1. The van der Waals surface area contributed by atoms with Crippen molar-refractivity contribution in [3.8, 4) is 5.88 Å². The van der Waals surface area contributed by atoms with Gasteiger partial charge in [0.1, 0.15) is 0 Å². The summed E-state index contributed by atoms with van der Waals surface area (Å²) < 4.78 is 0. The topological polar surface area (TPSA) is 74.2 Å². The van der Waals surface area contributed by atoms with E-state index in [2.05, 4.69) is 27.8 Å². The zero-order chi connectivity index (χ0) is 18.3. The number of hydrogen-bond donors (Lipinski definition) is 3. The fraction of sp³-hybridized carbons (Fsp3) is 0.368. The van der Waals surface area contributed by atoms with Gasteiger partial charge >= 0.3 is 0 Å². The highest BCUT2D eigenvalue weighted by atomic mass is 35.5. The summed E-state index contributed by atoms with van der Waals surface area (Å²) in [7, 11) is 0. The van der Waals surface area contributed by atoms with Crippen LogP contribution in [0.3, 0.4) is 0 Å². The van der Waals surface area contributed by atoms with E-state index in [1.165, 1.54) is 17.8 Å². The molecule has 2 aliphatic carbocycles. The molecule has 1 aromatic carbocycles. The van der Waals surface area contributed by atoms with Crippen LogP contribution < -0.4 is 10.6 Å². The Morgan fingerprint density at radius 2 is 2.15 bits per heavy atom. The number of allylic oxidation sites excluding steroid dienone is 1. The summed E-state index contributed by atoms with van der Waals surface area (Å²) in [5.41, 5.74) is 0.558. The quantitative estimate of drug-likeness (QED) is 0.652. The van der Waals surface area contributed by atoms with E-state index in [4.69, 9.17) is 11.6 Å². The Kier molecular flexibility index (Phi) is 4.63. The molecule has 0 radical (unpaired) electrons. The summed E-state index contributed by atoms with van der Waals surface area (Å²) in [5, 5.41) is 17.6. The van der Waals surface area contributed by atoms with Crippen molar-refractivity contribution in [3.63, 3.8) is 0 Å². The van der Waals surface area contributed by atoms with Crippen molar-refractivity contribution in [2.45, 2.75) is 31.7 Å². The van der Waals surface area contributed by atoms with Gasteiger partial charge in [-0.1, -0.05) is 47.2 Å². The molecule has 3 N–H and O–H groups in total. The number of nitrogens with one attached hydrogen (secondary N) is 2. The van der Waals surface area contributed by atoms with Crippen LogP contribution in [0.5, 0.6) is 5.88 Å². The number of hydrogen-bond acceptors (Lipinski definition) is 5. The zero-order valence-electron chi connectivity index (χ0n) is 14.3. The molecule has 4 atom stereocenters. The summed E-state index contributed by atoms with van der Waals surface area (Å²) in [6, 6.07) is 7.43. The number of nitrogens with zero attached hydrogens (tertiary/aromatic N) is 1. The number of fused-ring (bicyclic) bond motifs is 2. The minimum Gasteiger partial charge on any atom is -0.492 e. The second-order valence-electron chi connectivity index (χ2n) is 6.93. The van der Waals surface area contributed by atoms with Crippen LogP contribution in [0.2, 0.25) is 5.02 Å². The molecule has 0 aliphatic heterocycles. The number of carbonyl (C=O) groups is 1. The largest absolute Gasteiger partial charge is 0.492 e. The molecule has 26 heavy (non-hydrogen) atoms. The Hall–Kier alpha value is -2.05. The molecule has 0 saturated heterocycles. The molecule has 1 amide bonds. The fourth-order valence-corrected chi connectivity index (χ4v) is 4.85. The van der Waals surface area contributed by atoms with Gasteiger partial charge in [-0.15, -0.1) is 0 Å². The standard InChI is InChI=1S/C19H20ClN3O2S/c1-10(17(24)21-14-5-3-2-4-13(14)20)16-18(25)23-19(26-16)22-15-9-11-6-7-12(15)8-11/h2-7,10-12,15,25H,8-9H2,1H3,(H,21,24)(H,22,23). The summed E-state index contributed by atoms with van der Waals surface area (Å²) in [6.45, 7) is 1.75. The van der Waals surface area contributed by atoms with Crippen molar-refractivity contribution in [2.24, 2.45) is 11.8 Å². The van der Waals surface area contributed by atoms with Crippen molar-refractivity contribution in [1.29, 1.82) is 0 Å². The molecule has 1 aromatic heterocycles. The number of benzene rings is 1. The number of anilines is 2. The van der Waals surface area contributed by atoms with E-state index in [0.717, 1.165) is 6.42 Å². The lowest BCUT2D eigenvalue weighted by Gasteiger charge is -2.18. The van der Waals surface area contributed by atoms with Crippen LogP contribution in [0.25, 0.3) is 0 Å². The number of rotatable bonds is 5. The molecule has 136 valence electrons. The van der Waals surface area contributed by atoms with Gasteiger partial charge in [-0.3, -0.25) is 4.79 Å². The first kappa shape index (κ1) is 17.4. The molecule has 1 saturated carbocycles. The van der Waals surface area contributed by atoms with Crippen LogP contribution in [-0.2, 0) is 4.79 Å². The summed E-state index contributed by atoms with van der Waals surface area (Å²) in [5.74, 6) is 0.352. The Balaban J connectivity index is 1.45.